The van der Waals surface area contributed by atoms with Gasteiger partial charge < -0.3 is 9.31 Å². The molecule has 0 spiro atoms. The number of aromatic nitrogens is 3. The molecule has 0 radical (unpaired) electrons. The third-order valence-corrected chi connectivity index (χ3v) is 5.09. The predicted octanol–water partition coefficient (Wildman–Crippen LogP) is 4.25. The first-order valence-corrected chi connectivity index (χ1v) is 8.59. The van der Waals surface area contributed by atoms with E-state index in [4.69, 9.17) is 9.31 Å². The second-order valence-electron chi connectivity index (χ2n) is 6.92. The van der Waals surface area contributed by atoms with Crippen LogP contribution in [0.1, 0.15) is 33.4 Å². The normalized spacial score (nSPS) is 19.2. The molecule has 1 aromatic carbocycles. The van der Waals surface area contributed by atoms with Crippen LogP contribution in [0.5, 0.6) is 0 Å². The van der Waals surface area contributed by atoms with Crippen LogP contribution in [0.15, 0.2) is 28.5 Å². The van der Waals surface area contributed by atoms with Crippen LogP contribution in [0, 0.1) is 11.6 Å². The van der Waals surface area contributed by atoms with Crippen molar-refractivity contribution in [1.29, 1.82) is 0 Å². The molecule has 0 N–H and O–H groups in total. The van der Waals surface area contributed by atoms with Crippen LogP contribution in [-0.4, -0.2) is 33.3 Å². The molecule has 1 saturated heterocycles. The molecule has 1 aromatic heterocycles. The van der Waals surface area contributed by atoms with E-state index in [0.717, 1.165) is 22.9 Å². The lowest BCUT2D eigenvalue weighted by molar-refractivity contribution is 0.00578. The quantitative estimate of drug-likeness (QED) is 0.684. The molecule has 138 valence electrons. The Balaban J connectivity index is 1.86. The van der Waals surface area contributed by atoms with Gasteiger partial charge in [-0.15, -0.1) is 5.10 Å². The minimum Gasteiger partial charge on any atom is -0.398 e. The molecular formula is C16H16BBrF3N3O2. The summed E-state index contributed by atoms with van der Waals surface area (Å²) < 4.78 is 54.2. The van der Waals surface area contributed by atoms with Crippen LogP contribution >= 0.6 is 15.9 Å². The van der Waals surface area contributed by atoms with Gasteiger partial charge in [0.15, 0.2) is 5.82 Å². The molecule has 2 heterocycles. The number of hydrogen-bond donors (Lipinski definition) is 0. The van der Waals surface area contributed by atoms with Gasteiger partial charge in [-0.25, -0.2) is 17.9 Å². The molecule has 0 bridgehead atoms. The van der Waals surface area contributed by atoms with E-state index in [0.29, 0.717) is 0 Å². The van der Waals surface area contributed by atoms with Gasteiger partial charge in [0.05, 0.1) is 17.4 Å². The van der Waals surface area contributed by atoms with E-state index in [-0.39, 0.29) is 15.9 Å². The van der Waals surface area contributed by atoms with Gasteiger partial charge >= 0.3 is 7.12 Å². The smallest absolute Gasteiger partial charge is 0.398 e. The van der Waals surface area contributed by atoms with Crippen molar-refractivity contribution in [3.63, 3.8) is 0 Å². The molecule has 26 heavy (non-hydrogen) atoms. The highest BCUT2D eigenvalue weighted by Gasteiger charge is 2.53. The Morgan fingerprint density at radius 1 is 1.19 bits per heavy atom. The van der Waals surface area contributed by atoms with Crippen molar-refractivity contribution in [1.82, 2.24) is 15.0 Å². The molecule has 0 aliphatic carbocycles. The molecule has 1 fully saturated rings. The minimum absolute atomic E-state index is 0.0328. The number of rotatable bonds is 3. The average molecular weight is 430 g/mol. The van der Waals surface area contributed by atoms with Crippen molar-refractivity contribution >= 4 is 29.1 Å². The van der Waals surface area contributed by atoms with Crippen molar-refractivity contribution in [2.24, 2.45) is 0 Å². The van der Waals surface area contributed by atoms with Crippen molar-refractivity contribution < 1.29 is 22.5 Å². The molecule has 5 nitrogen and oxygen atoms in total. The molecule has 0 saturated carbocycles. The Labute approximate surface area is 157 Å². The Morgan fingerprint density at radius 3 is 2.38 bits per heavy atom. The summed E-state index contributed by atoms with van der Waals surface area (Å²) in [5.41, 5.74) is -1.94. The highest BCUT2D eigenvalue weighted by atomic mass is 79.9. The molecule has 10 heteroatoms. The second-order valence-corrected chi connectivity index (χ2v) is 7.78. The van der Waals surface area contributed by atoms with Gasteiger partial charge in [-0.3, -0.25) is 0 Å². The van der Waals surface area contributed by atoms with Crippen LogP contribution in [0.3, 0.4) is 0 Å². The Bertz CT molecular complexity index is 846. The summed E-state index contributed by atoms with van der Waals surface area (Å²) in [5, 5.41) is 7.54. The lowest BCUT2D eigenvalue weighted by atomic mass is 9.87. The lowest BCUT2D eigenvalue weighted by Crippen LogP contribution is -2.41. The molecule has 0 atom stereocenters. The summed E-state index contributed by atoms with van der Waals surface area (Å²) >= 11 is 3.08. The highest BCUT2D eigenvalue weighted by molar-refractivity contribution is 9.10. The Hall–Kier alpha value is -1.65. The van der Waals surface area contributed by atoms with E-state index >= 15 is 0 Å². The predicted molar refractivity (Wildman–Crippen MR) is 94.1 cm³/mol. The number of benzene rings is 1. The third kappa shape index (κ3) is 3.45. The van der Waals surface area contributed by atoms with Gasteiger partial charge in [0.1, 0.15) is 22.9 Å². The monoisotopic (exact) mass is 429 g/mol. The molecule has 1 aliphatic rings. The van der Waals surface area contributed by atoms with Gasteiger partial charge in [-0.2, -0.15) is 0 Å². The lowest BCUT2D eigenvalue weighted by Gasteiger charge is -2.32. The fourth-order valence-corrected chi connectivity index (χ4v) is 2.96. The van der Waals surface area contributed by atoms with Crippen molar-refractivity contribution in [2.75, 3.05) is 0 Å². The number of nitrogens with zero attached hydrogens (tertiary/aromatic N) is 3. The molecule has 2 aromatic rings. The molecular weight excluding hydrogens is 414 g/mol. The van der Waals surface area contributed by atoms with E-state index in [9.17, 15) is 13.2 Å². The highest BCUT2D eigenvalue weighted by Crippen LogP contribution is 2.39. The second kappa shape index (κ2) is 6.51. The zero-order valence-electron chi connectivity index (χ0n) is 14.6. The van der Waals surface area contributed by atoms with Gasteiger partial charge in [0.25, 0.3) is 0 Å². The van der Waals surface area contributed by atoms with E-state index in [1.807, 2.05) is 27.7 Å². The van der Waals surface area contributed by atoms with Gasteiger partial charge in [-0.05, 0) is 55.8 Å². The first kappa shape index (κ1) is 19.1. The van der Waals surface area contributed by atoms with Gasteiger partial charge in [-0.1, -0.05) is 5.21 Å². The summed E-state index contributed by atoms with van der Waals surface area (Å²) in [7, 11) is -1.17. The molecule has 3 rings (SSSR count). The largest absolute Gasteiger partial charge is 0.525 e. The third-order valence-electron chi connectivity index (χ3n) is 4.49. The van der Waals surface area contributed by atoms with E-state index in [1.165, 1.54) is 6.20 Å². The van der Waals surface area contributed by atoms with Crippen LogP contribution in [0.25, 0.3) is 11.8 Å². The van der Waals surface area contributed by atoms with Crippen LogP contribution in [0.2, 0.25) is 0 Å². The number of hydrogen-bond acceptors (Lipinski definition) is 4. The Kier molecular flexibility index (Phi) is 4.79. The fourth-order valence-electron chi connectivity index (χ4n) is 2.37. The summed E-state index contributed by atoms with van der Waals surface area (Å²) in [6.07, 6.45) is 2.41. The number of halogens is 4. The van der Waals surface area contributed by atoms with Crippen LogP contribution < -0.4 is 0 Å². The van der Waals surface area contributed by atoms with Crippen molar-refractivity contribution in [2.45, 2.75) is 38.9 Å². The first-order chi connectivity index (χ1) is 12.0. The fraction of sp³-hybridized carbons (Fsp3) is 0.375. The summed E-state index contributed by atoms with van der Waals surface area (Å²) in [4.78, 5) is 0. The van der Waals surface area contributed by atoms with E-state index in [2.05, 4.69) is 26.2 Å². The van der Waals surface area contributed by atoms with E-state index in [1.54, 1.807) is 0 Å². The topological polar surface area (TPSA) is 49.2 Å². The zero-order chi connectivity index (χ0) is 19.3. The van der Waals surface area contributed by atoms with Crippen molar-refractivity contribution in [3.8, 4) is 5.69 Å². The first-order valence-electron chi connectivity index (χ1n) is 7.80. The summed E-state index contributed by atoms with van der Waals surface area (Å²) in [6.45, 7) is 7.24. The standard InChI is InChI=1S/C16H16BBrF3N3O2/c1-15(2)16(3,4)26-17(25-15)13(21)7-10-8-24(23-22-10)14-11(18)5-9(19)6-12(14)20/h5-8H,1-4H3. The maximum absolute atomic E-state index is 14.5. The van der Waals surface area contributed by atoms with Gasteiger partial charge in [0, 0.05) is 10.5 Å². The van der Waals surface area contributed by atoms with Crippen molar-refractivity contribution in [3.05, 3.63) is 45.9 Å². The van der Waals surface area contributed by atoms with Gasteiger partial charge in [0.2, 0.25) is 0 Å². The maximum atomic E-state index is 14.5. The summed E-state index contributed by atoms with van der Waals surface area (Å²) in [6, 6.07) is 1.82. The minimum atomic E-state index is -1.17. The Morgan fingerprint density at radius 2 is 1.81 bits per heavy atom. The van der Waals surface area contributed by atoms with Crippen LogP contribution in [-0.2, 0) is 9.31 Å². The van der Waals surface area contributed by atoms with E-state index < -0.39 is 35.7 Å². The average Bonchev–Trinajstić information content (AvgIpc) is 3.00. The molecule has 0 amide bonds. The van der Waals surface area contributed by atoms with Crippen LogP contribution in [0.4, 0.5) is 13.2 Å². The SMILES string of the molecule is CC1(C)OB(C(F)=Cc2cn(-c3c(F)cc(F)cc3Br)nn2)OC1(C)C. The molecule has 1 aliphatic heterocycles. The maximum Gasteiger partial charge on any atom is 0.525 e. The summed E-state index contributed by atoms with van der Waals surface area (Å²) in [5.74, 6) is -1.56. The molecule has 0 unspecified atom stereocenters. The zero-order valence-corrected chi connectivity index (χ0v) is 16.1.